The molecule has 1 heterocycles. The van der Waals surface area contributed by atoms with E-state index in [0.29, 0.717) is 39.1 Å². The van der Waals surface area contributed by atoms with Gasteiger partial charge in [0.1, 0.15) is 0 Å². The smallest absolute Gasteiger partial charge is 0.221 e. The Morgan fingerprint density at radius 2 is 1.86 bits per heavy atom. The van der Waals surface area contributed by atoms with Crippen LogP contribution in [0.5, 0.6) is 0 Å². The van der Waals surface area contributed by atoms with Crippen LogP contribution in [-0.2, 0) is 19.6 Å². The third kappa shape index (κ3) is 5.21. The van der Waals surface area contributed by atoms with Crippen molar-refractivity contribution in [3.05, 3.63) is 0 Å². The van der Waals surface area contributed by atoms with E-state index >= 15 is 0 Å². The number of rotatable bonds is 8. The van der Waals surface area contributed by atoms with Gasteiger partial charge in [-0.1, -0.05) is 13.8 Å². The van der Waals surface area contributed by atoms with Crippen LogP contribution in [0.15, 0.2) is 0 Å². The summed E-state index contributed by atoms with van der Waals surface area (Å²) in [7, 11) is -3.42. The Morgan fingerprint density at radius 1 is 1.29 bits per heavy atom. The Hall–Kier alpha value is -0.700. The van der Waals surface area contributed by atoms with Gasteiger partial charge in [0.15, 0.2) is 0 Å². The molecular weight excluding hydrogens is 296 g/mol. The van der Waals surface area contributed by atoms with E-state index in [2.05, 4.69) is 5.32 Å². The van der Waals surface area contributed by atoms with Crippen molar-refractivity contribution in [2.75, 3.05) is 38.7 Å². The minimum Gasteiger partial charge on any atom is -0.394 e. The van der Waals surface area contributed by atoms with Crippen molar-refractivity contribution in [3.63, 3.8) is 0 Å². The summed E-state index contributed by atoms with van der Waals surface area (Å²) in [5.41, 5.74) is -0.653. The van der Waals surface area contributed by atoms with Crippen molar-refractivity contribution >= 4 is 15.9 Å². The van der Waals surface area contributed by atoms with E-state index < -0.39 is 15.6 Å². The summed E-state index contributed by atoms with van der Waals surface area (Å²) in [6.07, 6.45) is 1.10. The summed E-state index contributed by atoms with van der Waals surface area (Å²) in [6, 6.07) is 0. The molecule has 8 heteroatoms. The van der Waals surface area contributed by atoms with Crippen LogP contribution in [0.4, 0.5) is 0 Å². The molecule has 1 fully saturated rings. The van der Waals surface area contributed by atoms with Crippen LogP contribution in [0.1, 0.15) is 33.1 Å². The summed E-state index contributed by atoms with van der Waals surface area (Å²) < 4.78 is 30.7. The lowest BCUT2D eigenvalue weighted by Crippen LogP contribution is -2.51. The Balaban J connectivity index is 2.51. The molecular formula is C13H26N2O5S. The molecule has 7 nitrogen and oxygen atoms in total. The zero-order chi connectivity index (χ0) is 15.9. The highest BCUT2D eigenvalue weighted by molar-refractivity contribution is 7.89. The molecule has 124 valence electrons. The molecule has 0 aromatic carbocycles. The van der Waals surface area contributed by atoms with Gasteiger partial charge < -0.3 is 15.2 Å². The first-order valence-electron chi connectivity index (χ1n) is 7.36. The van der Waals surface area contributed by atoms with E-state index in [4.69, 9.17) is 4.74 Å². The lowest BCUT2D eigenvalue weighted by molar-refractivity contribution is -0.123. The number of sulfonamides is 1. The third-order valence-electron chi connectivity index (χ3n) is 4.01. The molecule has 0 aromatic rings. The lowest BCUT2D eigenvalue weighted by atomic mass is 9.94. The maximum absolute atomic E-state index is 12.1. The Labute approximate surface area is 126 Å². The number of ether oxygens (including phenoxy) is 1. The molecule has 1 aliphatic rings. The van der Waals surface area contributed by atoms with Gasteiger partial charge >= 0.3 is 0 Å². The quantitative estimate of drug-likeness (QED) is 0.640. The number of carbonyl (C=O) groups is 1. The van der Waals surface area contributed by atoms with Crippen LogP contribution < -0.4 is 5.32 Å². The molecule has 0 unspecified atom stereocenters. The third-order valence-corrected chi connectivity index (χ3v) is 5.88. The number of morpholine rings is 1. The maximum Gasteiger partial charge on any atom is 0.221 e. The van der Waals surface area contributed by atoms with E-state index in [9.17, 15) is 18.3 Å². The van der Waals surface area contributed by atoms with Crippen LogP contribution in [0.2, 0.25) is 0 Å². The van der Waals surface area contributed by atoms with Gasteiger partial charge in [-0.05, 0) is 12.8 Å². The van der Waals surface area contributed by atoms with Crippen molar-refractivity contribution < 1.29 is 23.1 Å². The highest BCUT2D eigenvalue weighted by atomic mass is 32.2. The predicted octanol–water partition coefficient (Wildman–Crippen LogP) is -0.294. The summed E-state index contributed by atoms with van der Waals surface area (Å²) >= 11 is 0. The Kier molecular flexibility index (Phi) is 7.05. The number of hydrogen-bond donors (Lipinski definition) is 2. The zero-order valence-corrected chi connectivity index (χ0v) is 13.6. The molecule has 1 saturated heterocycles. The predicted molar refractivity (Wildman–Crippen MR) is 79.3 cm³/mol. The minimum absolute atomic E-state index is 0.0958. The van der Waals surface area contributed by atoms with E-state index in [1.807, 2.05) is 13.8 Å². The number of amides is 1. The minimum atomic E-state index is -3.42. The highest BCUT2D eigenvalue weighted by Gasteiger charge is 2.29. The van der Waals surface area contributed by atoms with Crippen LogP contribution in [0, 0.1) is 0 Å². The number of aliphatic hydroxyl groups excluding tert-OH is 1. The average molecular weight is 322 g/mol. The lowest BCUT2D eigenvalue weighted by Gasteiger charge is -2.31. The molecule has 21 heavy (non-hydrogen) atoms. The number of aliphatic hydroxyl groups is 1. The standard InChI is InChI=1S/C13H26N2O5S/c1-3-13(4-2,11-16)14-12(17)5-10-21(18,19)15-6-8-20-9-7-15/h16H,3-11H2,1-2H3,(H,14,17). The van der Waals surface area contributed by atoms with Crippen LogP contribution in [-0.4, -0.2) is 67.9 Å². The molecule has 0 saturated carbocycles. The Bertz CT molecular complexity index is 420. The molecule has 1 rings (SSSR count). The van der Waals surface area contributed by atoms with Crippen LogP contribution in [0.3, 0.4) is 0 Å². The molecule has 2 N–H and O–H groups in total. The molecule has 0 atom stereocenters. The van der Waals surface area contributed by atoms with Crippen molar-refractivity contribution in [2.24, 2.45) is 0 Å². The molecule has 1 aliphatic heterocycles. The SMILES string of the molecule is CCC(CC)(CO)NC(=O)CCS(=O)(=O)N1CCOCC1. The first kappa shape index (κ1) is 18.3. The average Bonchev–Trinajstić information content (AvgIpc) is 2.52. The zero-order valence-electron chi connectivity index (χ0n) is 12.8. The van der Waals surface area contributed by atoms with Gasteiger partial charge in [0.05, 0.1) is 31.1 Å². The fraction of sp³-hybridized carbons (Fsp3) is 0.923. The highest BCUT2D eigenvalue weighted by Crippen LogP contribution is 2.14. The summed E-state index contributed by atoms with van der Waals surface area (Å²) in [5, 5.41) is 12.2. The fourth-order valence-electron chi connectivity index (χ4n) is 2.22. The number of carbonyl (C=O) groups excluding carboxylic acids is 1. The summed E-state index contributed by atoms with van der Waals surface area (Å²) in [4.78, 5) is 11.9. The number of hydrogen-bond acceptors (Lipinski definition) is 5. The molecule has 0 aliphatic carbocycles. The van der Waals surface area contributed by atoms with Crippen LogP contribution >= 0.6 is 0 Å². The van der Waals surface area contributed by atoms with Crippen molar-refractivity contribution in [3.8, 4) is 0 Å². The van der Waals surface area contributed by atoms with Crippen molar-refractivity contribution in [1.29, 1.82) is 0 Å². The topological polar surface area (TPSA) is 95.9 Å². The maximum atomic E-state index is 12.1. The van der Waals surface area contributed by atoms with Crippen molar-refractivity contribution in [1.82, 2.24) is 9.62 Å². The van der Waals surface area contributed by atoms with Crippen LogP contribution in [0.25, 0.3) is 0 Å². The van der Waals surface area contributed by atoms with Gasteiger partial charge in [-0.15, -0.1) is 0 Å². The summed E-state index contributed by atoms with van der Waals surface area (Å²) in [6.45, 7) is 5.08. The summed E-state index contributed by atoms with van der Waals surface area (Å²) in [5.74, 6) is -0.557. The molecule has 0 radical (unpaired) electrons. The molecule has 0 bridgehead atoms. The number of nitrogens with zero attached hydrogens (tertiary/aromatic N) is 1. The van der Waals surface area contributed by atoms with Crippen molar-refractivity contribution in [2.45, 2.75) is 38.6 Å². The molecule has 0 aromatic heterocycles. The number of nitrogens with one attached hydrogen (secondary N) is 1. The monoisotopic (exact) mass is 322 g/mol. The second kappa shape index (κ2) is 8.07. The Morgan fingerprint density at radius 3 is 2.33 bits per heavy atom. The normalized spacial score (nSPS) is 17.7. The van der Waals surface area contributed by atoms with Gasteiger partial charge in [0.25, 0.3) is 0 Å². The second-order valence-electron chi connectivity index (χ2n) is 5.27. The second-order valence-corrected chi connectivity index (χ2v) is 7.36. The molecule has 1 amide bonds. The van der Waals surface area contributed by atoms with Gasteiger partial charge in [-0.25, -0.2) is 8.42 Å². The van der Waals surface area contributed by atoms with Gasteiger partial charge in [0.2, 0.25) is 15.9 Å². The van der Waals surface area contributed by atoms with Gasteiger partial charge in [-0.3, -0.25) is 4.79 Å². The molecule has 0 spiro atoms. The first-order chi connectivity index (χ1) is 9.89. The fourth-order valence-corrected chi connectivity index (χ4v) is 3.63. The van der Waals surface area contributed by atoms with E-state index in [0.717, 1.165) is 0 Å². The first-order valence-corrected chi connectivity index (χ1v) is 8.97. The largest absolute Gasteiger partial charge is 0.394 e. The van der Waals surface area contributed by atoms with E-state index in [1.54, 1.807) is 0 Å². The van der Waals surface area contributed by atoms with Gasteiger partial charge in [-0.2, -0.15) is 4.31 Å². The van der Waals surface area contributed by atoms with E-state index in [-0.39, 0.29) is 24.7 Å². The van der Waals surface area contributed by atoms with E-state index in [1.165, 1.54) is 4.31 Å². The van der Waals surface area contributed by atoms with Gasteiger partial charge in [0, 0.05) is 19.5 Å².